The molecule has 0 saturated heterocycles. The van der Waals surface area contributed by atoms with Crippen molar-refractivity contribution in [2.75, 3.05) is 19.7 Å². The molecule has 172 valence electrons. The summed E-state index contributed by atoms with van der Waals surface area (Å²) in [5.74, 6) is -1.23. The van der Waals surface area contributed by atoms with Crippen molar-refractivity contribution in [1.82, 2.24) is 9.80 Å². The quantitative estimate of drug-likeness (QED) is 0.623. The van der Waals surface area contributed by atoms with Crippen LogP contribution in [0.3, 0.4) is 0 Å². The molecule has 0 aromatic heterocycles. The maximum atomic E-state index is 13.1. The predicted octanol–water partition coefficient (Wildman–Crippen LogP) is 4.08. The molecule has 0 spiro atoms. The van der Waals surface area contributed by atoms with Crippen LogP contribution < -0.4 is 0 Å². The zero-order valence-electron chi connectivity index (χ0n) is 18.8. The normalized spacial score (nSPS) is 18.3. The van der Waals surface area contributed by atoms with Gasteiger partial charge in [-0.1, -0.05) is 48.0 Å². The molecule has 2 amide bonds. The van der Waals surface area contributed by atoms with Crippen molar-refractivity contribution >= 4 is 29.4 Å². The van der Waals surface area contributed by atoms with Gasteiger partial charge in [0.2, 0.25) is 11.8 Å². The molecule has 0 N–H and O–H groups in total. The molecule has 6 nitrogen and oxygen atoms in total. The van der Waals surface area contributed by atoms with Gasteiger partial charge < -0.3 is 14.5 Å². The van der Waals surface area contributed by atoms with Gasteiger partial charge in [-0.2, -0.15) is 0 Å². The summed E-state index contributed by atoms with van der Waals surface area (Å²) < 4.78 is 5.31. The molecule has 2 heterocycles. The van der Waals surface area contributed by atoms with Crippen LogP contribution in [0.15, 0.2) is 59.8 Å². The molecule has 2 aromatic rings. The van der Waals surface area contributed by atoms with Crippen LogP contribution in [0.2, 0.25) is 5.02 Å². The number of esters is 1. The zero-order chi connectivity index (χ0) is 23.5. The second-order valence-corrected chi connectivity index (χ2v) is 8.78. The van der Waals surface area contributed by atoms with Crippen molar-refractivity contribution in [2.24, 2.45) is 0 Å². The highest BCUT2D eigenvalue weighted by molar-refractivity contribution is 6.30. The third-order valence-corrected chi connectivity index (χ3v) is 6.62. The Morgan fingerprint density at radius 2 is 1.79 bits per heavy atom. The van der Waals surface area contributed by atoms with E-state index in [2.05, 4.69) is 6.07 Å². The van der Waals surface area contributed by atoms with Crippen molar-refractivity contribution < 1.29 is 19.1 Å². The minimum Gasteiger partial charge on any atom is -0.463 e. The summed E-state index contributed by atoms with van der Waals surface area (Å²) in [5, 5.41) is 0.578. The first-order valence-electron chi connectivity index (χ1n) is 11.2. The summed E-state index contributed by atoms with van der Waals surface area (Å²) in [6.45, 7) is 4.72. The summed E-state index contributed by atoms with van der Waals surface area (Å²) in [6, 6.07) is 15.2. The number of ether oxygens (including phenoxy) is 1. The number of allylic oxidation sites excluding steroid dienone is 1. The van der Waals surface area contributed by atoms with Gasteiger partial charge in [-0.05, 0) is 49.1 Å². The fourth-order valence-corrected chi connectivity index (χ4v) is 4.73. The third kappa shape index (κ3) is 4.81. The number of nitrogens with zero attached hydrogens (tertiary/aromatic N) is 2. The lowest BCUT2D eigenvalue weighted by Crippen LogP contribution is -2.46. The standard InChI is InChI=1S/C26H27ClN2O4/c1-3-33-26(32)25-17(2)29(23(30)14-22(25)19-8-10-21(27)11-9-19)16-24(31)28-13-12-18-6-4-5-7-20(18)15-28/h4-11,22H,3,12-16H2,1-2H3. The fourth-order valence-electron chi connectivity index (χ4n) is 4.60. The lowest BCUT2D eigenvalue weighted by Gasteiger charge is -2.36. The van der Waals surface area contributed by atoms with E-state index in [4.69, 9.17) is 16.3 Å². The Labute approximate surface area is 198 Å². The van der Waals surface area contributed by atoms with Gasteiger partial charge in [0.25, 0.3) is 0 Å². The summed E-state index contributed by atoms with van der Waals surface area (Å²) in [6.07, 6.45) is 0.876. The number of hydrogen-bond acceptors (Lipinski definition) is 4. The molecule has 2 aromatic carbocycles. The van der Waals surface area contributed by atoms with Crippen LogP contribution in [0.25, 0.3) is 0 Å². The van der Waals surface area contributed by atoms with Crippen LogP contribution >= 0.6 is 11.6 Å². The van der Waals surface area contributed by atoms with E-state index in [0.717, 1.165) is 17.5 Å². The van der Waals surface area contributed by atoms with E-state index in [1.54, 1.807) is 30.9 Å². The number of fused-ring (bicyclic) bond motifs is 1. The first-order valence-corrected chi connectivity index (χ1v) is 11.5. The van der Waals surface area contributed by atoms with Crippen LogP contribution in [0.4, 0.5) is 0 Å². The largest absolute Gasteiger partial charge is 0.463 e. The maximum absolute atomic E-state index is 13.1. The molecule has 0 bridgehead atoms. The summed E-state index contributed by atoms with van der Waals surface area (Å²) in [4.78, 5) is 42.4. The number of carbonyl (C=O) groups is 3. The van der Waals surface area contributed by atoms with Crippen LogP contribution in [-0.2, 0) is 32.1 Å². The second kappa shape index (κ2) is 9.79. The molecule has 2 aliphatic heterocycles. The Balaban J connectivity index is 1.60. The van der Waals surface area contributed by atoms with Crippen LogP contribution in [0.1, 0.15) is 42.9 Å². The van der Waals surface area contributed by atoms with Gasteiger partial charge in [0.05, 0.1) is 12.2 Å². The summed E-state index contributed by atoms with van der Waals surface area (Å²) in [7, 11) is 0. The Kier molecular flexibility index (Phi) is 6.84. The highest BCUT2D eigenvalue weighted by Gasteiger charge is 2.38. The minimum absolute atomic E-state index is 0.0865. The molecule has 0 fully saturated rings. The van der Waals surface area contributed by atoms with Gasteiger partial charge in [0.15, 0.2) is 0 Å². The first-order chi connectivity index (χ1) is 15.9. The summed E-state index contributed by atoms with van der Waals surface area (Å²) in [5.41, 5.74) is 4.08. The second-order valence-electron chi connectivity index (χ2n) is 8.34. The number of amides is 2. The average Bonchev–Trinajstić information content (AvgIpc) is 2.81. The van der Waals surface area contributed by atoms with Crippen molar-refractivity contribution in [2.45, 2.75) is 39.2 Å². The molecule has 4 rings (SSSR count). The van der Waals surface area contributed by atoms with Crippen molar-refractivity contribution in [3.8, 4) is 0 Å². The Hall–Kier alpha value is -3.12. The van der Waals surface area contributed by atoms with Gasteiger partial charge >= 0.3 is 5.97 Å². The monoisotopic (exact) mass is 466 g/mol. The van der Waals surface area contributed by atoms with Crippen molar-refractivity contribution in [3.05, 3.63) is 81.5 Å². The molecular weight excluding hydrogens is 440 g/mol. The minimum atomic E-state index is -0.466. The molecule has 33 heavy (non-hydrogen) atoms. The molecule has 7 heteroatoms. The van der Waals surface area contributed by atoms with Crippen LogP contribution in [0.5, 0.6) is 0 Å². The van der Waals surface area contributed by atoms with E-state index in [0.29, 0.717) is 29.4 Å². The lowest BCUT2D eigenvalue weighted by molar-refractivity contribution is -0.142. The third-order valence-electron chi connectivity index (χ3n) is 6.37. The topological polar surface area (TPSA) is 66.9 Å². The zero-order valence-corrected chi connectivity index (χ0v) is 19.6. The Bertz CT molecular complexity index is 1110. The maximum Gasteiger partial charge on any atom is 0.336 e. The van der Waals surface area contributed by atoms with Gasteiger partial charge in [-0.15, -0.1) is 0 Å². The van der Waals surface area contributed by atoms with E-state index in [9.17, 15) is 14.4 Å². The van der Waals surface area contributed by atoms with Gasteiger partial charge in [0, 0.05) is 36.1 Å². The average molecular weight is 467 g/mol. The first kappa shape index (κ1) is 23.1. The van der Waals surface area contributed by atoms with Crippen molar-refractivity contribution in [3.63, 3.8) is 0 Å². The highest BCUT2D eigenvalue weighted by atomic mass is 35.5. The lowest BCUT2D eigenvalue weighted by atomic mass is 9.83. The number of benzene rings is 2. The van der Waals surface area contributed by atoms with Gasteiger partial charge in [0.1, 0.15) is 6.54 Å². The number of carbonyl (C=O) groups excluding carboxylic acids is 3. The van der Waals surface area contributed by atoms with E-state index in [1.807, 2.05) is 30.3 Å². The van der Waals surface area contributed by atoms with Gasteiger partial charge in [-0.3, -0.25) is 9.59 Å². The highest BCUT2D eigenvalue weighted by Crippen LogP contribution is 2.37. The SMILES string of the molecule is CCOC(=O)C1=C(C)N(CC(=O)N2CCc3ccccc3C2)C(=O)CC1c1ccc(Cl)cc1. The number of halogens is 1. The predicted molar refractivity (Wildman–Crippen MR) is 125 cm³/mol. The van der Waals surface area contributed by atoms with E-state index in [-0.39, 0.29) is 31.4 Å². The summed E-state index contributed by atoms with van der Waals surface area (Å²) >= 11 is 6.02. The molecule has 1 unspecified atom stereocenters. The Morgan fingerprint density at radius 1 is 1.09 bits per heavy atom. The number of rotatable bonds is 5. The molecule has 0 saturated carbocycles. The molecular formula is C26H27ClN2O4. The van der Waals surface area contributed by atoms with Crippen molar-refractivity contribution in [1.29, 1.82) is 0 Å². The van der Waals surface area contributed by atoms with Gasteiger partial charge in [-0.25, -0.2) is 4.79 Å². The molecule has 0 aliphatic carbocycles. The van der Waals surface area contributed by atoms with Crippen LogP contribution in [0, 0.1) is 0 Å². The van der Waals surface area contributed by atoms with E-state index in [1.165, 1.54) is 10.5 Å². The molecule has 1 atom stereocenters. The fraction of sp³-hybridized carbons (Fsp3) is 0.346. The Morgan fingerprint density at radius 3 is 2.48 bits per heavy atom. The van der Waals surface area contributed by atoms with Crippen LogP contribution in [-0.4, -0.2) is 47.3 Å². The molecule has 0 radical (unpaired) electrons. The van der Waals surface area contributed by atoms with E-state index >= 15 is 0 Å². The number of hydrogen-bond donors (Lipinski definition) is 0. The smallest absolute Gasteiger partial charge is 0.336 e. The molecule has 2 aliphatic rings. The van der Waals surface area contributed by atoms with E-state index < -0.39 is 11.9 Å².